The Kier molecular flexibility index (Phi) is 6.94. The van der Waals surface area contributed by atoms with Crippen LogP contribution in [0.5, 0.6) is 0 Å². The molecule has 0 spiro atoms. The van der Waals surface area contributed by atoms with E-state index in [0.717, 1.165) is 35.2 Å². The van der Waals surface area contributed by atoms with E-state index in [1.807, 2.05) is 6.92 Å². The van der Waals surface area contributed by atoms with Crippen molar-refractivity contribution < 1.29 is 9.22 Å². The highest BCUT2D eigenvalue weighted by Gasteiger charge is 2.20. The fourth-order valence-corrected chi connectivity index (χ4v) is 1.77. The molecule has 0 aromatic carbocycles. The third-order valence-corrected chi connectivity index (χ3v) is 2.43. The predicted octanol–water partition coefficient (Wildman–Crippen LogP) is 3.51. The van der Waals surface area contributed by atoms with Crippen molar-refractivity contribution in [1.29, 1.82) is 0 Å². The van der Waals surface area contributed by atoms with Gasteiger partial charge in [-0.2, -0.15) is 0 Å². The molecule has 1 atom stereocenters. The third-order valence-electron chi connectivity index (χ3n) is 2.43. The average molecular weight is 238 g/mol. The molecule has 0 aliphatic heterocycles. The molecule has 0 aromatic heterocycles. The zero-order valence-electron chi connectivity index (χ0n) is 12.3. The van der Waals surface area contributed by atoms with E-state index in [9.17, 15) is 0 Å². The van der Waals surface area contributed by atoms with Crippen molar-refractivity contribution in [1.82, 2.24) is 0 Å². The lowest BCUT2D eigenvalue weighted by Crippen LogP contribution is -2.42. The van der Waals surface area contributed by atoms with Crippen LogP contribution >= 0.6 is 0 Å². The highest BCUT2D eigenvalue weighted by atomic mass is 16.5. The number of nitrogens with zero attached hydrogens (tertiary/aromatic N) is 1. The number of ether oxygens (including phenoxy) is 1. The van der Waals surface area contributed by atoms with Crippen molar-refractivity contribution in [2.75, 3.05) is 27.7 Å². The Balaban J connectivity index is 4.62. The van der Waals surface area contributed by atoms with Crippen LogP contribution in [0.4, 0.5) is 0 Å². The molecule has 0 fully saturated rings. The summed E-state index contributed by atoms with van der Waals surface area (Å²) in [6.45, 7) is 10.9. The van der Waals surface area contributed by atoms with Gasteiger partial charge in [-0.3, -0.25) is 0 Å². The number of quaternary nitrogens is 1. The molecule has 98 valence electrons. The number of likely N-dealkylation sites (N-methyl/N-ethyl adjacent to an activating group) is 1. The second-order valence-corrected chi connectivity index (χ2v) is 5.60. The predicted molar refractivity (Wildman–Crippen MR) is 74.8 cm³/mol. The quantitative estimate of drug-likeness (QED) is 0.375. The van der Waals surface area contributed by atoms with Gasteiger partial charge in [0.05, 0.1) is 26.9 Å². The van der Waals surface area contributed by atoms with Gasteiger partial charge in [-0.05, 0) is 31.9 Å². The molecule has 0 N–H and O–H groups in total. The molecule has 0 amide bonds. The minimum absolute atomic E-state index is 0.201. The first-order chi connectivity index (χ1) is 7.78. The van der Waals surface area contributed by atoms with Crippen molar-refractivity contribution in [3.05, 3.63) is 29.7 Å². The van der Waals surface area contributed by atoms with Gasteiger partial charge in [0.15, 0.2) is 6.10 Å². The number of rotatable bonds is 7. The Hall–Kier alpha value is -0.980. The summed E-state index contributed by atoms with van der Waals surface area (Å²) >= 11 is 0. The van der Waals surface area contributed by atoms with Gasteiger partial charge in [-0.15, -0.1) is 5.73 Å². The normalized spacial score (nSPS) is 14.1. The van der Waals surface area contributed by atoms with E-state index in [2.05, 4.69) is 53.4 Å². The molecular weight excluding hydrogens is 210 g/mol. The van der Waals surface area contributed by atoms with Gasteiger partial charge >= 0.3 is 0 Å². The molecule has 0 aromatic rings. The van der Waals surface area contributed by atoms with Crippen LogP contribution in [0, 0.1) is 0 Å². The number of allylic oxidation sites excluding steroid dienone is 2. The van der Waals surface area contributed by atoms with Crippen LogP contribution in [-0.4, -0.2) is 38.3 Å². The first kappa shape index (κ1) is 16.0. The van der Waals surface area contributed by atoms with E-state index in [-0.39, 0.29) is 6.10 Å². The zero-order valence-corrected chi connectivity index (χ0v) is 12.3. The highest BCUT2D eigenvalue weighted by molar-refractivity contribution is 4.98. The van der Waals surface area contributed by atoms with Crippen molar-refractivity contribution in [3.63, 3.8) is 0 Å². The van der Waals surface area contributed by atoms with Gasteiger partial charge in [-0.25, -0.2) is 0 Å². The maximum absolute atomic E-state index is 6.00. The fraction of sp³-hybridized carbons (Fsp3) is 0.667. The van der Waals surface area contributed by atoms with Crippen LogP contribution in [0.2, 0.25) is 0 Å². The Morgan fingerprint density at radius 1 is 1.35 bits per heavy atom. The molecule has 0 saturated carbocycles. The lowest BCUT2D eigenvalue weighted by atomic mass is 10.1. The summed E-state index contributed by atoms with van der Waals surface area (Å²) in [5.74, 6) is 1.02. The summed E-state index contributed by atoms with van der Waals surface area (Å²) in [5.41, 5.74) is 4.11. The van der Waals surface area contributed by atoms with Crippen molar-refractivity contribution in [3.8, 4) is 0 Å². The monoisotopic (exact) mass is 238 g/mol. The topological polar surface area (TPSA) is 9.23 Å². The van der Waals surface area contributed by atoms with Gasteiger partial charge in [0.2, 0.25) is 0 Å². The van der Waals surface area contributed by atoms with Crippen LogP contribution in [0.1, 0.15) is 33.6 Å². The second-order valence-electron chi connectivity index (χ2n) is 5.60. The Bertz CT molecular complexity index is 303. The molecule has 0 heterocycles. The van der Waals surface area contributed by atoms with Gasteiger partial charge < -0.3 is 9.22 Å². The van der Waals surface area contributed by atoms with Crippen LogP contribution in [0.25, 0.3) is 0 Å². The molecule has 2 nitrogen and oxygen atoms in total. The SMILES string of the molecule is C=C=C(C)CC(C[N+](C)(C)C)O/C(C)=C/CC. The summed E-state index contributed by atoms with van der Waals surface area (Å²) in [6, 6.07) is 0. The first-order valence-corrected chi connectivity index (χ1v) is 6.28. The highest BCUT2D eigenvalue weighted by Crippen LogP contribution is 2.14. The number of hydrogen-bond donors (Lipinski definition) is 0. The van der Waals surface area contributed by atoms with Crippen LogP contribution in [-0.2, 0) is 4.74 Å². The van der Waals surface area contributed by atoms with Gasteiger partial charge in [-0.1, -0.05) is 13.5 Å². The van der Waals surface area contributed by atoms with Crippen molar-refractivity contribution >= 4 is 0 Å². The summed E-state index contributed by atoms with van der Waals surface area (Å²) in [5, 5.41) is 0. The number of hydrogen-bond acceptors (Lipinski definition) is 1. The minimum Gasteiger partial charge on any atom is -0.489 e. The van der Waals surface area contributed by atoms with E-state index in [1.165, 1.54) is 0 Å². The van der Waals surface area contributed by atoms with E-state index < -0.39 is 0 Å². The summed E-state index contributed by atoms with van der Waals surface area (Å²) < 4.78 is 6.89. The molecule has 1 unspecified atom stereocenters. The maximum atomic E-state index is 6.00. The molecule has 0 aliphatic carbocycles. The Labute approximate surface area is 107 Å². The van der Waals surface area contributed by atoms with Crippen LogP contribution in [0.3, 0.4) is 0 Å². The lowest BCUT2D eigenvalue weighted by Gasteiger charge is -2.29. The van der Waals surface area contributed by atoms with Gasteiger partial charge in [0, 0.05) is 6.42 Å². The average Bonchev–Trinajstić information content (AvgIpc) is 2.14. The van der Waals surface area contributed by atoms with E-state index in [4.69, 9.17) is 4.74 Å². The molecule has 0 saturated heterocycles. The molecule has 0 radical (unpaired) electrons. The second kappa shape index (κ2) is 7.37. The molecular formula is C15H28NO+. The summed E-state index contributed by atoms with van der Waals surface area (Å²) in [7, 11) is 6.55. The summed E-state index contributed by atoms with van der Waals surface area (Å²) in [4.78, 5) is 0. The smallest absolute Gasteiger partial charge is 0.151 e. The Morgan fingerprint density at radius 3 is 2.35 bits per heavy atom. The fourth-order valence-electron chi connectivity index (χ4n) is 1.77. The molecule has 17 heavy (non-hydrogen) atoms. The summed E-state index contributed by atoms with van der Waals surface area (Å²) in [6.07, 6.45) is 4.23. The lowest BCUT2D eigenvalue weighted by molar-refractivity contribution is -0.873. The van der Waals surface area contributed by atoms with Crippen LogP contribution < -0.4 is 0 Å². The van der Waals surface area contributed by atoms with E-state index in [0.29, 0.717) is 0 Å². The zero-order chi connectivity index (χ0) is 13.5. The van der Waals surface area contributed by atoms with E-state index in [1.54, 1.807) is 0 Å². The van der Waals surface area contributed by atoms with Crippen molar-refractivity contribution in [2.24, 2.45) is 0 Å². The Morgan fingerprint density at radius 2 is 1.94 bits per heavy atom. The third kappa shape index (κ3) is 8.79. The molecule has 0 aliphatic rings. The van der Waals surface area contributed by atoms with E-state index >= 15 is 0 Å². The van der Waals surface area contributed by atoms with Gasteiger partial charge in [0.1, 0.15) is 6.54 Å². The van der Waals surface area contributed by atoms with Gasteiger partial charge in [0.25, 0.3) is 0 Å². The van der Waals surface area contributed by atoms with Crippen molar-refractivity contribution in [2.45, 2.75) is 39.7 Å². The molecule has 0 bridgehead atoms. The first-order valence-electron chi connectivity index (χ1n) is 6.28. The molecule has 2 heteroatoms. The van der Waals surface area contributed by atoms with Crippen LogP contribution in [0.15, 0.2) is 29.7 Å². The largest absolute Gasteiger partial charge is 0.489 e. The molecule has 0 rings (SSSR count). The minimum atomic E-state index is 0.201. The standard InChI is InChI=1S/C15H28NO/c1-8-10-14(4)17-15(11-13(3)9-2)12-16(5,6)7/h10,15H,2,8,11-12H2,1,3-7H3/q+1/b14-10+. The maximum Gasteiger partial charge on any atom is 0.151 e.